The van der Waals surface area contributed by atoms with Gasteiger partial charge in [0.2, 0.25) is 5.91 Å². The Bertz CT molecular complexity index is 1180. The van der Waals surface area contributed by atoms with Crippen LogP contribution in [0.5, 0.6) is 0 Å². The van der Waals surface area contributed by atoms with E-state index in [0.717, 1.165) is 38.5 Å². The van der Waals surface area contributed by atoms with E-state index in [0.29, 0.717) is 25.9 Å². The van der Waals surface area contributed by atoms with Gasteiger partial charge < -0.3 is 20.3 Å². The minimum absolute atomic E-state index is 0.0228. The van der Waals surface area contributed by atoms with Crippen molar-refractivity contribution in [2.75, 3.05) is 13.2 Å². The standard InChI is InChI=1S/C72H141NO5/c1-3-5-7-9-11-13-44-48-52-56-60-64-70(75)69(68-74)73-71(76)65-61-57-53-49-46-42-40-38-36-34-32-30-28-26-24-22-20-18-16-15-17-19-21-23-25-27-29-31-33-35-37-39-41-43-47-51-55-59-63-67-78-72(77)66-62-58-54-50-45-14-12-10-8-6-4-2/h15-16,69-70,74-75H,3-14,17-68H2,1-2H3,(H,73,76)/b16-15-. The number of aliphatic hydroxyl groups is 2. The van der Waals surface area contributed by atoms with Crippen molar-refractivity contribution < 1.29 is 24.5 Å². The van der Waals surface area contributed by atoms with E-state index in [4.69, 9.17) is 4.74 Å². The first-order valence-electron chi connectivity index (χ1n) is 35.9. The van der Waals surface area contributed by atoms with E-state index in [2.05, 4.69) is 31.3 Å². The van der Waals surface area contributed by atoms with Crippen LogP contribution >= 0.6 is 0 Å². The van der Waals surface area contributed by atoms with Crippen LogP contribution < -0.4 is 5.32 Å². The van der Waals surface area contributed by atoms with Crippen molar-refractivity contribution in [2.45, 2.75) is 424 Å². The molecule has 0 saturated heterocycles. The van der Waals surface area contributed by atoms with Crippen LogP contribution in [-0.4, -0.2) is 47.4 Å². The third kappa shape index (κ3) is 63.8. The number of hydrogen-bond acceptors (Lipinski definition) is 5. The van der Waals surface area contributed by atoms with Crippen LogP contribution in [0.25, 0.3) is 0 Å². The summed E-state index contributed by atoms with van der Waals surface area (Å²) in [4.78, 5) is 24.5. The summed E-state index contributed by atoms with van der Waals surface area (Å²) in [7, 11) is 0. The van der Waals surface area contributed by atoms with Crippen LogP contribution in [0, 0.1) is 0 Å². The molecule has 0 aliphatic carbocycles. The quantitative estimate of drug-likeness (QED) is 0.0320. The third-order valence-electron chi connectivity index (χ3n) is 17.1. The summed E-state index contributed by atoms with van der Waals surface area (Å²) in [5.41, 5.74) is 0. The Kier molecular flexibility index (Phi) is 66.9. The van der Waals surface area contributed by atoms with E-state index in [1.807, 2.05) is 0 Å². The van der Waals surface area contributed by atoms with Gasteiger partial charge >= 0.3 is 5.97 Å². The second kappa shape index (κ2) is 68.1. The zero-order chi connectivity index (χ0) is 56.4. The Labute approximate surface area is 489 Å². The van der Waals surface area contributed by atoms with Gasteiger partial charge in [-0.05, 0) is 51.4 Å². The predicted octanol–water partition coefficient (Wildman–Crippen LogP) is 23.1. The molecule has 3 N–H and O–H groups in total. The molecule has 0 saturated carbocycles. The Morgan fingerprint density at radius 3 is 0.910 bits per heavy atom. The summed E-state index contributed by atoms with van der Waals surface area (Å²) < 4.78 is 5.48. The maximum absolute atomic E-state index is 12.5. The van der Waals surface area contributed by atoms with Gasteiger partial charge in [0.25, 0.3) is 0 Å². The molecule has 2 atom stereocenters. The molecule has 0 fully saturated rings. The molecule has 0 aromatic heterocycles. The Hall–Kier alpha value is -1.40. The van der Waals surface area contributed by atoms with Gasteiger partial charge in [0.15, 0.2) is 0 Å². The average Bonchev–Trinajstić information content (AvgIpc) is 3.44. The SMILES string of the molecule is CCCCCCCCCCCCCC(=O)OCCCCCCCCCCCCCCCCCCCC/C=C\CCCCCCCCCCCCCCCCCCCC(=O)NC(CO)C(O)CCCCCCCCCCCCC. The lowest BCUT2D eigenvalue weighted by Gasteiger charge is -2.22. The van der Waals surface area contributed by atoms with E-state index in [9.17, 15) is 19.8 Å². The molecule has 464 valence electrons. The van der Waals surface area contributed by atoms with Crippen LogP contribution in [0.4, 0.5) is 0 Å². The monoisotopic (exact) mass is 1100 g/mol. The fraction of sp³-hybridized carbons (Fsp3) is 0.944. The van der Waals surface area contributed by atoms with Gasteiger partial charge in [-0.25, -0.2) is 0 Å². The number of allylic oxidation sites excluding steroid dienone is 2. The number of rotatable bonds is 68. The number of amides is 1. The van der Waals surface area contributed by atoms with Crippen molar-refractivity contribution in [1.29, 1.82) is 0 Å². The van der Waals surface area contributed by atoms with Crippen LogP contribution in [-0.2, 0) is 14.3 Å². The first kappa shape index (κ1) is 76.6. The van der Waals surface area contributed by atoms with Gasteiger partial charge in [-0.15, -0.1) is 0 Å². The highest BCUT2D eigenvalue weighted by molar-refractivity contribution is 5.76. The zero-order valence-corrected chi connectivity index (χ0v) is 53.2. The van der Waals surface area contributed by atoms with Gasteiger partial charge in [-0.3, -0.25) is 9.59 Å². The van der Waals surface area contributed by atoms with E-state index < -0.39 is 12.1 Å². The summed E-state index contributed by atoms with van der Waals surface area (Å²) in [5, 5.41) is 23.2. The first-order chi connectivity index (χ1) is 38.5. The number of aliphatic hydroxyl groups excluding tert-OH is 2. The molecule has 6 nitrogen and oxygen atoms in total. The van der Waals surface area contributed by atoms with Crippen LogP contribution in [0.2, 0.25) is 0 Å². The summed E-state index contributed by atoms with van der Waals surface area (Å²) >= 11 is 0. The topological polar surface area (TPSA) is 95.9 Å². The number of unbranched alkanes of at least 4 members (excludes halogenated alkanes) is 55. The number of carbonyl (C=O) groups is 2. The molecule has 2 unspecified atom stereocenters. The van der Waals surface area contributed by atoms with Crippen molar-refractivity contribution in [1.82, 2.24) is 5.32 Å². The molecule has 0 aromatic carbocycles. The smallest absolute Gasteiger partial charge is 0.305 e. The molecule has 78 heavy (non-hydrogen) atoms. The zero-order valence-electron chi connectivity index (χ0n) is 53.2. The van der Waals surface area contributed by atoms with Crippen LogP contribution in [0.3, 0.4) is 0 Å². The summed E-state index contributed by atoms with van der Waals surface area (Å²) in [5.74, 6) is -0.00646. The highest BCUT2D eigenvalue weighted by Crippen LogP contribution is 2.19. The molecule has 0 aliphatic heterocycles. The lowest BCUT2D eigenvalue weighted by Crippen LogP contribution is -2.45. The minimum atomic E-state index is -0.659. The molecular formula is C72H141NO5. The third-order valence-corrected chi connectivity index (χ3v) is 17.1. The first-order valence-corrected chi connectivity index (χ1v) is 35.9. The molecular weight excluding hydrogens is 959 g/mol. The molecule has 0 heterocycles. The molecule has 0 bridgehead atoms. The van der Waals surface area contributed by atoms with Gasteiger partial charge in [0.1, 0.15) is 0 Å². The molecule has 0 aromatic rings. The number of carbonyl (C=O) groups excluding carboxylic acids is 2. The van der Waals surface area contributed by atoms with E-state index >= 15 is 0 Å². The predicted molar refractivity (Wildman–Crippen MR) is 343 cm³/mol. The summed E-state index contributed by atoms with van der Waals surface area (Å²) in [6.07, 6.45) is 84.4. The van der Waals surface area contributed by atoms with Gasteiger partial charge in [0, 0.05) is 12.8 Å². The highest BCUT2D eigenvalue weighted by atomic mass is 16.5. The molecule has 6 heteroatoms. The van der Waals surface area contributed by atoms with Crippen LogP contribution in [0.1, 0.15) is 412 Å². The van der Waals surface area contributed by atoms with Gasteiger partial charge in [0.05, 0.1) is 25.4 Å². The second-order valence-corrected chi connectivity index (χ2v) is 24.9. The van der Waals surface area contributed by atoms with Gasteiger partial charge in [-0.2, -0.15) is 0 Å². The Morgan fingerprint density at radius 1 is 0.346 bits per heavy atom. The van der Waals surface area contributed by atoms with Crippen LogP contribution in [0.15, 0.2) is 12.2 Å². The minimum Gasteiger partial charge on any atom is -0.466 e. The summed E-state index contributed by atoms with van der Waals surface area (Å²) in [6.45, 7) is 4.98. The van der Waals surface area contributed by atoms with Crippen molar-refractivity contribution >= 4 is 11.9 Å². The number of nitrogens with one attached hydrogen (secondary N) is 1. The average molecular weight is 1100 g/mol. The molecule has 0 rings (SSSR count). The summed E-state index contributed by atoms with van der Waals surface area (Å²) in [6, 6.07) is -0.536. The lowest BCUT2D eigenvalue weighted by molar-refractivity contribution is -0.143. The van der Waals surface area contributed by atoms with Crippen molar-refractivity contribution in [3.05, 3.63) is 12.2 Å². The van der Waals surface area contributed by atoms with E-state index in [1.165, 1.54) is 340 Å². The number of esters is 1. The molecule has 0 aliphatic rings. The highest BCUT2D eigenvalue weighted by Gasteiger charge is 2.20. The van der Waals surface area contributed by atoms with E-state index in [-0.39, 0.29) is 18.5 Å². The van der Waals surface area contributed by atoms with Crippen molar-refractivity contribution in [2.24, 2.45) is 0 Å². The molecule has 0 spiro atoms. The number of ether oxygens (including phenoxy) is 1. The molecule has 0 radical (unpaired) electrons. The fourth-order valence-corrected chi connectivity index (χ4v) is 11.6. The van der Waals surface area contributed by atoms with Crippen molar-refractivity contribution in [3.8, 4) is 0 Å². The van der Waals surface area contributed by atoms with Gasteiger partial charge in [-0.1, -0.05) is 360 Å². The maximum atomic E-state index is 12.5. The number of hydrogen-bond donors (Lipinski definition) is 3. The maximum Gasteiger partial charge on any atom is 0.305 e. The second-order valence-electron chi connectivity index (χ2n) is 24.9. The van der Waals surface area contributed by atoms with E-state index in [1.54, 1.807) is 0 Å². The Morgan fingerprint density at radius 2 is 0.603 bits per heavy atom. The van der Waals surface area contributed by atoms with Crippen molar-refractivity contribution in [3.63, 3.8) is 0 Å². The lowest BCUT2D eigenvalue weighted by atomic mass is 10.0. The normalized spacial score (nSPS) is 12.5. The Balaban J connectivity index is 3.29. The molecule has 1 amide bonds. The largest absolute Gasteiger partial charge is 0.466 e. The fourth-order valence-electron chi connectivity index (χ4n) is 11.6.